The highest BCUT2D eigenvalue weighted by molar-refractivity contribution is 6.02. The summed E-state index contributed by atoms with van der Waals surface area (Å²) in [5, 5.41) is 10.0. The Morgan fingerprint density at radius 2 is 1.21 bits per heavy atom. The van der Waals surface area contributed by atoms with Crippen molar-refractivity contribution in [3.05, 3.63) is 0 Å². The topological polar surface area (TPSA) is 170 Å². The van der Waals surface area contributed by atoms with Gasteiger partial charge in [-0.15, -0.1) is 35.0 Å². The maximum atomic E-state index is 10.7. The third-order valence-corrected chi connectivity index (χ3v) is 0.761. The van der Waals surface area contributed by atoms with Crippen LogP contribution in [-0.2, 0) is 0 Å². The summed E-state index contributed by atoms with van der Waals surface area (Å²) in [6.45, 7) is 0. The minimum atomic E-state index is -0.728. The van der Waals surface area contributed by atoms with Crippen LogP contribution in [0.5, 0.6) is 0 Å². The lowest BCUT2D eigenvalue weighted by Crippen LogP contribution is -2.48. The smallest absolute Gasteiger partial charge is 0.328 e. The molecule has 0 saturated carbocycles. The summed E-state index contributed by atoms with van der Waals surface area (Å²) < 4.78 is 0. The van der Waals surface area contributed by atoms with E-state index in [1.54, 1.807) is 0 Å². The van der Waals surface area contributed by atoms with Gasteiger partial charge in [0.2, 0.25) is 11.9 Å². The Balaban J connectivity index is -0.000000605. The first kappa shape index (κ1) is 18.2. The van der Waals surface area contributed by atoms with E-state index < -0.39 is 6.03 Å². The van der Waals surface area contributed by atoms with Gasteiger partial charge in [-0.1, -0.05) is 0 Å². The van der Waals surface area contributed by atoms with Crippen LogP contribution in [0.3, 0.4) is 0 Å². The molecule has 0 aliphatic rings. The van der Waals surface area contributed by atoms with Crippen LogP contribution in [0.25, 0.3) is 0 Å². The molecule has 0 aliphatic heterocycles. The average Bonchev–Trinajstić information content (AvgIpc) is 2.03. The van der Waals surface area contributed by atoms with E-state index in [9.17, 15) is 4.79 Å². The average molecular weight is 247 g/mol. The largest absolute Gasteiger partial charge is 0.368 e. The molecule has 0 unspecified atom stereocenters. The lowest BCUT2D eigenvalue weighted by Gasteiger charge is -2.03. The number of nitrogens with two attached hydrogens (primary N) is 4. The highest BCUT2D eigenvalue weighted by atomic mass is 35.5. The SMILES string of the molecule is Cl.Cl.NN=C(N)NC(=O)NC(N)=NN. The number of hydrogen-bond donors (Lipinski definition) is 6. The summed E-state index contributed by atoms with van der Waals surface area (Å²) in [7, 11) is 0. The first-order chi connectivity index (χ1) is 5.60. The molecular formula is C3H12Cl2N8O. The van der Waals surface area contributed by atoms with E-state index in [4.69, 9.17) is 23.2 Å². The highest BCUT2D eigenvalue weighted by Crippen LogP contribution is 1.63. The fraction of sp³-hybridized carbons (Fsp3) is 0. The number of nitrogens with zero attached hydrogens (tertiary/aromatic N) is 2. The quantitative estimate of drug-likeness (QED) is 0.120. The van der Waals surface area contributed by atoms with Crippen LogP contribution in [0.15, 0.2) is 10.2 Å². The van der Waals surface area contributed by atoms with Crippen LogP contribution in [0.2, 0.25) is 0 Å². The van der Waals surface area contributed by atoms with Crippen LogP contribution < -0.4 is 33.8 Å². The van der Waals surface area contributed by atoms with E-state index >= 15 is 0 Å². The lowest BCUT2D eigenvalue weighted by atomic mass is 10.8. The zero-order valence-corrected chi connectivity index (χ0v) is 8.56. The Kier molecular flexibility index (Phi) is 12.3. The minimum Gasteiger partial charge on any atom is -0.368 e. The van der Waals surface area contributed by atoms with Crippen molar-refractivity contribution in [1.29, 1.82) is 0 Å². The standard InChI is InChI=1S/C3H10N8O.2ClH/c4-1(10-6)8-3(12)9-2(5)11-7;;/h6-7H2,(H6,4,5,8,9,10,11,12);2*1H. The van der Waals surface area contributed by atoms with Gasteiger partial charge in [0, 0.05) is 0 Å². The van der Waals surface area contributed by atoms with Crippen molar-refractivity contribution in [2.24, 2.45) is 33.4 Å². The molecule has 0 bridgehead atoms. The Labute approximate surface area is 92.1 Å². The molecule has 0 aromatic heterocycles. The number of carbonyl (C=O) groups is 1. The Hall–Kier alpha value is -1.61. The van der Waals surface area contributed by atoms with Crippen LogP contribution in [0.4, 0.5) is 4.79 Å². The van der Waals surface area contributed by atoms with E-state index in [1.807, 2.05) is 10.6 Å². The molecule has 0 heterocycles. The molecule has 2 amide bonds. The zero-order chi connectivity index (χ0) is 9.56. The predicted molar refractivity (Wildman–Crippen MR) is 57.8 cm³/mol. The van der Waals surface area contributed by atoms with E-state index in [1.165, 1.54) is 0 Å². The van der Waals surface area contributed by atoms with Crippen LogP contribution in [-0.4, -0.2) is 18.0 Å². The zero-order valence-electron chi connectivity index (χ0n) is 6.93. The van der Waals surface area contributed by atoms with Gasteiger partial charge in [0.1, 0.15) is 0 Å². The Bertz CT molecular complexity index is 205. The third kappa shape index (κ3) is 8.49. The van der Waals surface area contributed by atoms with Gasteiger partial charge in [-0.25, -0.2) is 4.79 Å². The second kappa shape index (κ2) is 9.48. The van der Waals surface area contributed by atoms with Crippen molar-refractivity contribution in [2.75, 3.05) is 0 Å². The molecule has 0 radical (unpaired) electrons. The number of hydrazone groups is 2. The fourth-order valence-corrected chi connectivity index (χ4v) is 0.328. The summed E-state index contributed by atoms with van der Waals surface area (Å²) in [5.41, 5.74) is 10.1. The predicted octanol–water partition coefficient (Wildman–Crippen LogP) is -2.49. The van der Waals surface area contributed by atoms with Gasteiger partial charge < -0.3 is 23.2 Å². The van der Waals surface area contributed by atoms with Crippen molar-refractivity contribution in [3.63, 3.8) is 0 Å². The van der Waals surface area contributed by atoms with Gasteiger partial charge in [0.05, 0.1) is 0 Å². The number of rotatable bonds is 0. The van der Waals surface area contributed by atoms with Crippen molar-refractivity contribution < 1.29 is 4.79 Å². The van der Waals surface area contributed by atoms with Gasteiger partial charge in [0.25, 0.3) is 0 Å². The number of carbonyl (C=O) groups excluding carboxylic acids is 1. The number of hydrogen-bond acceptors (Lipinski definition) is 5. The number of amides is 2. The van der Waals surface area contributed by atoms with Gasteiger partial charge in [-0.05, 0) is 0 Å². The van der Waals surface area contributed by atoms with Gasteiger partial charge in [-0.3, -0.25) is 10.6 Å². The van der Waals surface area contributed by atoms with Crippen molar-refractivity contribution in [1.82, 2.24) is 10.6 Å². The number of guanidine groups is 2. The molecule has 10 N–H and O–H groups in total. The van der Waals surface area contributed by atoms with Crippen LogP contribution in [0, 0.1) is 0 Å². The first-order valence-electron chi connectivity index (χ1n) is 2.75. The molecule has 84 valence electrons. The molecule has 0 aromatic rings. The van der Waals surface area contributed by atoms with Gasteiger partial charge in [-0.2, -0.15) is 0 Å². The summed E-state index contributed by atoms with van der Waals surface area (Å²) in [5.74, 6) is 8.93. The first-order valence-corrected chi connectivity index (χ1v) is 2.75. The van der Waals surface area contributed by atoms with Crippen molar-refractivity contribution in [2.45, 2.75) is 0 Å². The van der Waals surface area contributed by atoms with E-state index in [0.29, 0.717) is 0 Å². The monoisotopic (exact) mass is 246 g/mol. The number of nitrogens with one attached hydrogen (secondary N) is 2. The summed E-state index contributed by atoms with van der Waals surface area (Å²) in [6, 6.07) is -0.728. The molecule has 9 nitrogen and oxygen atoms in total. The normalized spacial score (nSPS) is 10.6. The molecule has 0 aromatic carbocycles. The Morgan fingerprint density at radius 3 is 1.43 bits per heavy atom. The highest BCUT2D eigenvalue weighted by Gasteiger charge is 2.02. The van der Waals surface area contributed by atoms with Gasteiger partial charge >= 0.3 is 6.03 Å². The van der Waals surface area contributed by atoms with E-state index in [-0.39, 0.29) is 36.7 Å². The second-order valence-electron chi connectivity index (χ2n) is 1.61. The molecule has 0 saturated heterocycles. The maximum Gasteiger partial charge on any atom is 0.328 e. The van der Waals surface area contributed by atoms with Gasteiger partial charge in [0.15, 0.2) is 0 Å². The summed E-state index contributed by atoms with van der Waals surface area (Å²) >= 11 is 0. The summed E-state index contributed by atoms with van der Waals surface area (Å²) in [4.78, 5) is 10.7. The van der Waals surface area contributed by atoms with Crippen molar-refractivity contribution >= 4 is 42.8 Å². The Morgan fingerprint density at radius 1 is 0.929 bits per heavy atom. The fourth-order valence-electron chi connectivity index (χ4n) is 0.328. The second-order valence-corrected chi connectivity index (χ2v) is 1.61. The van der Waals surface area contributed by atoms with E-state index in [0.717, 1.165) is 0 Å². The maximum absolute atomic E-state index is 10.7. The van der Waals surface area contributed by atoms with E-state index in [2.05, 4.69) is 10.2 Å². The third-order valence-electron chi connectivity index (χ3n) is 0.761. The van der Waals surface area contributed by atoms with Crippen molar-refractivity contribution in [3.8, 4) is 0 Å². The number of halogens is 2. The van der Waals surface area contributed by atoms with Crippen LogP contribution >= 0.6 is 24.8 Å². The molecule has 0 atom stereocenters. The number of urea groups is 1. The molecule has 0 spiro atoms. The molecule has 14 heavy (non-hydrogen) atoms. The molecular weight excluding hydrogens is 235 g/mol. The molecule has 0 rings (SSSR count). The minimum absolute atomic E-state index is 0. The molecule has 0 aliphatic carbocycles. The summed E-state index contributed by atoms with van der Waals surface area (Å²) in [6.07, 6.45) is 0. The molecule has 0 fully saturated rings. The lowest BCUT2D eigenvalue weighted by molar-refractivity contribution is 0.249. The van der Waals surface area contributed by atoms with Crippen LogP contribution in [0.1, 0.15) is 0 Å². The molecule has 11 heteroatoms.